The van der Waals surface area contributed by atoms with E-state index < -0.39 is 0 Å². The Hall–Kier alpha value is -4.64. The lowest BCUT2D eigenvalue weighted by atomic mass is 9.98. The van der Waals surface area contributed by atoms with Crippen LogP contribution >= 0.6 is 0 Å². The summed E-state index contributed by atoms with van der Waals surface area (Å²) in [4.78, 5) is 19.0. The lowest BCUT2D eigenvalue weighted by Gasteiger charge is -2.24. The number of aromatic amines is 2. The van der Waals surface area contributed by atoms with E-state index in [0.717, 1.165) is 62.5 Å². The normalized spacial score (nSPS) is 14.2. The second kappa shape index (κ2) is 7.71. The van der Waals surface area contributed by atoms with E-state index in [1.54, 1.807) is 0 Å². The second-order valence-electron chi connectivity index (χ2n) is 9.15. The summed E-state index contributed by atoms with van der Waals surface area (Å²) in [6, 6.07) is 23.3. The van der Waals surface area contributed by atoms with Gasteiger partial charge in [-0.3, -0.25) is 0 Å². The maximum absolute atomic E-state index is 5.01. The van der Waals surface area contributed by atoms with Crippen LogP contribution in [0.5, 0.6) is 0 Å². The van der Waals surface area contributed by atoms with Gasteiger partial charge in [0.25, 0.3) is 0 Å². The van der Waals surface area contributed by atoms with Gasteiger partial charge in [-0.2, -0.15) is 0 Å². The monoisotopic (exact) mass is 453 g/mol. The van der Waals surface area contributed by atoms with Crippen molar-refractivity contribution in [2.24, 2.45) is 0 Å². The zero-order chi connectivity index (χ0) is 23.4. The quantitative estimate of drug-likeness (QED) is 0.297. The molecule has 0 saturated heterocycles. The number of H-pyrrole nitrogens is 2. The molecular weight excluding hydrogens is 430 g/mol. The smallest absolute Gasteiger partial charge is 0.0736 e. The summed E-state index contributed by atoms with van der Waals surface area (Å²) in [7, 11) is 2.13. The molecule has 4 aromatic rings. The summed E-state index contributed by atoms with van der Waals surface area (Å²) in [5, 5.41) is 0. The summed E-state index contributed by atoms with van der Waals surface area (Å²) < 4.78 is 0. The Labute approximate surface area is 202 Å². The molecular formula is C30H23N5. The van der Waals surface area contributed by atoms with Gasteiger partial charge >= 0.3 is 0 Å². The highest BCUT2D eigenvalue weighted by atomic mass is 15.1. The lowest BCUT2D eigenvalue weighted by Crippen LogP contribution is -2.20. The minimum atomic E-state index is 0.921. The van der Waals surface area contributed by atoms with Crippen LogP contribution in [0.3, 0.4) is 0 Å². The van der Waals surface area contributed by atoms with Gasteiger partial charge in [0.2, 0.25) is 0 Å². The topological polar surface area (TPSA) is 60.6 Å². The Balaban J connectivity index is 1.46. The molecule has 5 heteroatoms. The summed E-state index contributed by atoms with van der Waals surface area (Å²) in [5.74, 6) is 0. The van der Waals surface area contributed by atoms with Crippen molar-refractivity contribution in [3.05, 3.63) is 107 Å². The molecule has 0 aliphatic carbocycles. The number of nitrogens with one attached hydrogen (secondary N) is 2. The Morgan fingerprint density at radius 1 is 0.686 bits per heavy atom. The molecule has 0 unspecified atom stereocenters. The molecule has 0 saturated carbocycles. The van der Waals surface area contributed by atoms with Gasteiger partial charge in [-0.05, 0) is 90.0 Å². The Morgan fingerprint density at radius 2 is 1.34 bits per heavy atom. The number of nitrogens with zero attached hydrogens (tertiary/aromatic N) is 3. The molecule has 3 aliphatic heterocycles. The molecule has 0 radical (unpaired) electrons. The van der Waals surface area contributed by atoms with Crippen LogP contribution in [0, 0.1) is 0 Å². The number of anilines is 1. The largest absolute Gasteiger partial charge is 0.370 e. The average molecular weight is 454 g/mol. The van der Waals surface area contributed by atoms with Crippen molar-refractivity contribution in [1.82, 2.24) is 19.9 Å². The van der Waals surface area contributed by atoms with Crippen molar-refractivity contribution in [3.63, 3.8) is 0 Å². The molecule has 0 fully saturated rings. The van der Waals surface area contributed by atoms with Crippen LogP contribution in [0.2, 0.25) is 0 Å². The molecule has 3 aromatic heterocycles. The van der Waals surface area contributed by atoms with Crippen LogP contribution in [0.1, 0.15) is 33.9 Å². The number of rotatable bonds is 1. The molecule has 8 bridgehead atoms. The maximum atomic E-state index is 5.01. The van der Waals surface area contributed by atoms with Crippen molar-refractivity contribution >= 4 is 57.6 Å². The van der Waals surface area contributed by atoms with Crippen molar-refractivity contribution in [2.45, 2.75) is 0 Å². The summed E-state index contributed by atoms with van der Waals surface area (Å²) >= 11 is 0. The standard InChI is InChI=1S/C30H23N5/c1-35-12-2-3-20-13-19(4-11-30(20)35)28-17-27-16-25-8-7-23(32-25)14-21-5-6-22(31-21)15-24-9-10-26(33-24)18-29(28)34-27/h2-11,13-18,32-33H,12H2,1H3. The number of hydrogen-bond donors (Lipinski definition) is 2. The van der Waals surface area contributed by atoms with Crippen LogP contribution in [0.15, 0.2) is 72.8 Å². The van der Waals surface area contributed by atoms with E-state index in [9.17, 15) is 0 Å². The van der Waals surface area contributed by atoms with Crippen molar-refractivity contribution < 1.29 is 0 Å². The number of fused-ring (bicyclic) bond motifs is 9. The summed E-state index contributed by atoms with van der Waals surface area (Å²) in [5.41, 5.74) is 12.5. The van der Waals surface area contributed by atoms with Crippen LogP contribution in [0.25, 0.3) is 51.9 Å². The number of aromatic nitrogens is 4. The Kier molecular flexibility index (Phi) is 4.36. The lowest BCUT2D eigenvalue weighted by molar-refractivity contribution is 1.02. The zero-order valence-electron chi connectivity index (χ0n) is 19.3. The Morgan fingerprint density at radius 3 is 2.06 bits per heavy atom. The highest BCUT2D eigenvalue weighted by Crippen LogP contribution is 2.33. The fraction of sp³-hybridized carbons (Fsp3) is 0.0667. The average Bonchev–Trinajstić information content (AvgIpc) is 3.64. The van der Waals surface area contributed by atoms with Gasteiger partial charge in [-0.1, -0.05) is 18.2 Å². The van der Waals surface area contributed by atoms with Gasteiger partial charge in [0, 0.05) is 46.9 Å². The van der Waals surface area contributed by atoms with Gasteiger partial charge < -0.3 is 14.9 Å². The van der Waals surface area contributed by atoms with Crippen molar-refractivity contribution in [1.29, 1.82) is 0 Å². The second-order valence-corrected chi connectivity index (χ2v) is 9.15. The molecule has 35 heavy (non-hydrogen) atoms. The number of likely N-dealkylation sites (N-methyl/N-ethyl adjacent to an activating group) is 1. The zero-order valence-corrected chi connectivity index (χ0v) is 19.3. The van der Waals surface area contributed by atoms with Gasteiger partial charge in [0.15, 0.2) is 0 Å². The molecule has 0 atom stereocenters. The van der Waals surface area contributed by atoms with Gasteiger partial charge in [0.05, 0.1) is 22.8 Å². The highest BCUT2D eigenvalue weighted by Gasteiger charge is 2.16. The van der Waals surface area contributed by atoms with Gasteiger partial charge in [-0.25, -0.2) is 9.97 Å². The first-order valence-corrected chi connectivity index (χ1v) is 11.8. The molecule has 168 valence electrons. The van der Waals surface area contributed by atoms with Crippen LogP contribution < -0.4 is 4.90 Å². The molecule has 1 aromatic carbocycles. The first-order valence-electron chi connectivity index (χ1n) is 11.8. The van der Waals surface area contributed by atoms with Gasteiger partial charge in [0.1, 0.15) is 0 Å². The third-order valence-electron chi connectivity index (χ3n) is 6.59. The third-order valence-corrected chi connectivity index (χ3v) is 6.59. The van der Waals surface area contributed by atoms with Crippen LogP contribution in [0.4, 0.5) is 5.69 Å². The van der Waals surface area contributed by atoms with E-state index in [2.05, 4.69) is 107 Å². The molecule has 0 spiro atoms. The number of benzene rings is 1. The predicted octanol–water partition coefficient (Wildman–Crippen LogP) is 6.54. The van der Waals surface area contributed by atoms with Gasteiger partial charge in [-0.15, -0.1) is 0 Å². The van der Waals surface area contributed by atoms with Crippen LogP contribution in [-0.4, -0.2) is 33.5 Å². The molecule has 0 amide bonds. The van der Waals surface area contributed by atoms with E-state index in [1.807, 2.05) is 12.2 Å². The molecule has 7 rings (SSSR count). The molecule has 2 N–H and O–H groups in total. The number of hydrogen-bond acceptors (Lipinski definition) is 3. The molecule has 6 heterocycles. The minimum Gasteiger partial charge on any atom is -0.370 e. The van der Waals surface area contributed by atoms with E-state index in [4.69, 9.17) is 9.97 Å². The first-order chi connectivity index (χ1) is 17.2. The fourth-order valence-corrected chi connectivity index (χ4v) is 4.88. The fourth-order valence-electron chi connectivity index (χ4n) is 4.88. The Bertz CT molecular complexity index is 1750. The summed E-state index contributed by atoms with van der Waals surface area (Å²) in [6.45, 7) is 0.936. The van der Waals surface area contributed by atoms with E-state index in [0.29, 0.717) is 0 Å². The van der Waals surface area contributed by atoms with Crippen LogP contribution in [-0.2, 0) is 0 Å². The van der Waals surface area contributed by atoms with E-state index >= 15 is 0 Å². The van der Waals surface area contributed by atoms with Crippen molar-refractivity contribution in [2.75, 3.05) is 18.5 Å². The minimum absolute atomic E-state index is 0.921. The third kappa shape index (κ3) is 3.67. The first kappa shape index (κ1) is 19.8. The van der Waals surface area contributed by atoms with E-state index in [1.165, 1.54) is 11.3 Å². The van der Waals surface area contributed by atoms with Crippen molar-refractivity contribution in [3.8, 4) is 0 Å². The highest BCUT2D eigenvalue weighted by molar-refractivity contribution is 5.94. The SMILES string of the molecule is CN1CC=Cc2cc(C3=Cc4cc5ccc(cc6nc(cc7ccc(cc3n4)[nH]7)C=C6)[nH]5)ccc21. The molecule has 3 aliphatic rings. The maximum Gasteiger partial charge on any atom is 0.0736 e. The van der Waals surface area contributed by atoms with E-state index in [-0.39, 0.29) is 0 Å². The summed E-state index contributed by atoms with van der Waals surface area (Å²) in [6.07, 6.45) is 10.7. The predicted molar refractivity (Wildman–Crippen MR) is 146 cm³/mol. The molecule has 5 nitrogen and oxygen atoms in total.